The van der Waals surface area contributed by atoms with Crippen LogP contribution in [0.25, 0.3) is 0 Å². The fourth-order valence-electron chi connectivity index (χ4n) is 3.36. The Morgan fingerprint density at radius 2 is 1.93 bits per heavy atom. The Bertz CT molecular complexity index is 1050. The molecule has 2 aromatic carbocycles. The lowest BCUT2D eigenvalue weighted by Gasteiger charge is -2.31. The summed E-state index contributed by atoms with van der Waals surface area (Å²) < 4.78 is 32.3. The number of nitro benzene ring substituents is 1. The highest BCUT2D eigenvalue weighted by atomic mass is 32.2. The highest BCUT2D eigenvalue weighted by Gasteiger charge is 2.33. The predicted octanol–water partition coefficient (Wildman–Crippen LogP) is 2.95. The first-order valence-electron chi connectivity index (χ1n) is 9.42. The summed E-state index contributed by atoms with van der Waals surface area (Å²) in [5.41, 5.74) is 0.917. The van der Waals surface area contributed by atoms with E-state index in [1.807, 2.05) is 0 Å². The Balaban J connectivity index is 1.74. The van der Waals surface area contributed by atoms with Crippen LogP contribution in [0.1, 0.15) is 18.4 Å². The molecule has 160 valence electrons. The third-order valence-electron chi connectivity index (χ3n) is 5.14. The van der Waals surface area contributed by atoms with Crippen LogP contribution in [-0.4, -0.2) is 43.8 Å². The number of carbonyl (C=O) groups is 1. The molecule has 9 nitrogen and oxygen atoms in total. The fourth-order valence-corrected chi connectivity index (χ4v) is 4.89. The molecule has 0 aliphatic carbocycles. The summed E-state index contributed by atoms with van der Waals surface area (Å²) in [4.78, 5) is 23.4. The number of nitrogens with zero attached hydrogens (tertiary/aromatic N) is 2. The van der Waals surface area contributed by atoms with Crippen LogP contribution in [0.5, 0.6) is 5.75 Å². The van der Waals surface area contributed by atoms with Crippen LogP contribution < -0.4 is 10.1 Å². The van der Waals surface area contributed by atoms with Crippen LogP contribution in [-0.2, 0) is 14.8 Å². The van der Waals surface area contributed by atoms with Crippen LogP contribution in [0.2, 0.25) is 0 Å². The minimum Gasteiger partial charge on any atom is -0.497 e. The number of carbonyl (C=O) groups excluding carboxylic acids is 1. The number of rotatable bonds is 6. The van der Waals surface area contributed by atoms with Gasteiger partial charge in [-0.25, -0.2) is 8.42 Å². The molecule has 1 fully saturated rings. The Morgan fingerprint density at radius 3 is 2.57 bits per heavy atom. The van der Waals surface area contributed by atoms with Crippen molar-refractivity contribution in [1.82, 2.24) is 4.31 Å². The molecule has 30 heavy (non-hydrogen) atoms. The highest BCUT2D eigenvalue weighted by molar-refractivity contribution is 7.89. The van der Waals surface area contributed by atoms with Crippen LogP contribution in [0.3, 0.4) is 0 Å². The number of aryl methyl sites for hydroxylation is 1. The summed E-state index contributed by atoms with van der Waals surface area (Å²) in [6, 6.07) is 10.3. The van der Waals surface area contributed by atoms with E-state index >= 15 is 0 Å². The van der Waals surface area contributed by atoms with E-state index in [1.54, 1.807) is 25.1 Å². The molecular weight excluding hydrogens is 410 g/mol. The maximum Gasteiger partial charge on any atom is 0.271 e. The minimum absolute atomic E-state index is 0.0498. The third kappa shape index (κ3) is 4.60. The molecule has 1 atom stereocenters. The topological polar surface area (TPSA) is 119 Å². The lowest BCUT2D eigenvalue weighted by atomic mass is 9.98. The molecule has 1 N–H and O–H groups in total. The molecule has 10 heteroatoms. The van der Waals surface area contributed by atoms with E-state index in [0.29, 0.717) is 36.4 Å². The maximum atomic E-state index is 13.0. The lowest BCUT2D eigenvalue weighted by molar-refractivity contribution is -0.384. The second kappa shape index (κ2) is 8.80. The number of anilines is 1. The van der Waals surface area contributed by atoms with Gasteiger partial charge in [0.05, 0.1) is 28.5 Å². The molecule has 0 unspecified atom stereocenters. The summed E-state index contributed by atoms with van der Waals surface area (Å²) in [5, 5.41) is 13.7. The number of piperidine rings is 1. The van der Waals surface area contributed by atoms with Gasteiger partial charge in [0.1, 0.15) is 5.75 Å². The number of nitrogens with one attached hydrogen (secondary N) is 1. The van der Waals surface area contributed by atoms with Gasteiger partial charge in [-0.15, -0.1) is 0 Å². The van der Waals surface area contributed by atoms with Gasteiger partial charge in [-0.05, 0) is 49.6 Å². The van der Waals surface area contributed by atoms with Gasteiger partial charge < -0.3 is 10.1 Å². The number of hydrogen-bond acceptors (Lipinski definition) is 6. The van der Waals surface area contributed by atoms with Crippen molar-refractivity contribution in [2.45, 2.75) is 24.7 Å². The standard InChI is InChI=1S/C20H23N3O6S/c1-14-5-6-16(23(25)26)12-19(14)21-20(24)15-4-3-11-22(13-15)30(27,28)18-9-7-17(29-2)8-10-18/h5-10,12,15H,3-4,11,13H2,1-2H3,(H,21,24)/t15-/m1/s1. The second-order valence-corrected chi connectivity index (χ2v) is 9.06. The molecule has 1 amide bonds. The van der Waals surface area contributed by atoms with Crippen molar-refractivity contribution in [2.75, 3.05) is 25.5 Å². The number of benzene rings is 2. The molecule has 1 saturated heterocycles. The zero-order chi connectivity index (χ0) is 21.9. The molecule has 0 radical (unpaired) electrons. The lowest BCUT2D eigenvalue weighted by Crippen LogP contribution is -2.43. The van der Waals surface area contributed by atoms with Gasteiger partial charge in [0.2, 0.25) is 15.9 Å². The smallest absolute Gasteiger partial charge is 0.271 e. The number of non-ortho nitro benzene ring substituents is 1. The normalized spacial score (nSPS) is 17.3. The molecule has 1 aliphatic heterocycles. The number of sulfonamides is 1. The molecule has 0 saturated carbocycles. The Hall–Kier alpha value is -2.98. The zero-order valence-electron chi connectivity index (χ0n) is 16.7. The van der Waals surface area contributed by atoms with Gasteiger partial charge in [-0.3, -0.25) is 14.9 Å². The number of nitro groups is 1. The van der Waals surface area contributed by atoms with Crippen molar-refractivity contribution >= 4 is 27.3 Å². The largest absolute Gasteiger partial charge is 0.497 e. The Labute approximate surface area is 174 Å². The van der Waals surface area contributed by atoms with Gasteiger partial charge >= 0.3 is 0 Å². The van der Waals surface area contributed by atoms with Crippen molar-refractivity contribution in [3.05, 3.63) is 58.1 Å². The van der Waals surface area contributed by atoms with E-state index in [0.717, 1.165) is 0 Å². The summed E-state index contributed by atoms with van der Waals surface area (Å²) in [5.74, 6) is -0.351. The Kier molecular flexibility index (Phi) is 6.37. The third-order valence-corrected chi connectivity index (χ3v) is 7.02. The van der Waals surface area contributed by atoms with Gasteiger partial charge in [0.15, 0.2) is 0 Å². The number of amides is 1. The van der Waals surface area contributed by atoms with Crippen molar-refractivity contribution in [3.8, 4) is 5.75 Å². The quantitative estimate of drug-likeness (QED) is 0.553. The van der Waals surface area contributed by atoms with Gasteiger partial charge in [-0.2, -0.15) is 4.31 Å². The summed E-state index contributed by atoms with van der Waals surface area (Å²) in [6.45, 7) is 2.11. The first-order valence-corrected chi connectivity index (χ1v) is 10.9. The summed E-state index contributed by atoms with van der Waals surface area (Å²) >= 11 is 0. The van der Waals surface area contributed by atoms with Gasteiger partial charge in [0, 0.05) is 25.2 Å². The second-order valence-electron chi connectivity index (χ2n) is 7.12. The summed E-state index contributed by atoms with van der Waals surface area (Å²) in [7, 11) is -2.24. The molecule has 2 aromatic rings. The first kappa shape index (κ1) is 21.7. The molecule has 0 aromatic heterocycles. The Morgan fingerprint density at radius 1 is 1.23 bits per heavy atom. The molecule has 0 bridgehead atoms. The van der Waals surface area contributed by atoms with Crippen molar-refractivity contribution in [2.24, 2.45) is 5.92 Å². The monoisotopic (exact) mass is 433 g/mol. The summed E-state index contributed by atoms with van der Waals surface area (Å²) in [6.07, 6.45) is 1.08. The van der Waals surface area contributed by atoms with Crippen LogP contribution in [0.4, 0.5) is 11.4 Å². The van der Waals surface area contributed by atoms with E-state index in [1.165, 1.54) is 35.7 Å². The van der Waals surface area contributed by atoms with Crippen LogP contribution >= 0.6 is 0 Å². The van der Waals surface area contributed by atoms with Gasteiger partial charge in [0.25, 0.3) is 5.69 Å². The van der Waals surface area contributed by atoms with Crippen molar-refractivity contribution in [3.63, 3.8) is 0 Å². The average molecular weight is 433 g/mol. The zero-order valence-corrected chi connectivity index (χ0v) is 17.5. The van der Waals surface area contributed by atoms with E-state index in [4.69, 9.17) is 4.74 Å². The van der Waals surface area contributed by atoms with Gasteiger partial charge in [-0.1, -0.05) is 6.07 Å². The molecule has 1 heterocycles. The average Bonchev–Trinajstić information content (AvgIpc) is 2.75. The minimum atomic E-state index is -3.74. The molecule has 1 aliphatic rings. The number of ether oxygens (including phenoxy) is 1. The molecule has 0 spiro atoms. The SMILES string of the molecule is COc1ccc(S(=O)(=O)N2CCC[C@@H](C(=O)Nc3cc([N+](=O)[O-])ccc3C)C2)cc1. The number of hydrogen-bond donors (Lipinski definition) is 1. The maximum absolute atomic E-state index is 13.0. The van der Waals surface area contributed by atoms with Crippen LogP contribution in [0.15, 0.2) is 47.4 Å². The van der Waals surface area contributed by atoms with E-state index < -0.39 is 20.9 Å². The fraction of sp³-hybridized carbons (Fsp3) is 0.350. The highest BCUT2D eigenvalue weighted by Crippen LogP contribution is 2.27. The van der Waals surface area contributed by atoms with E-state index in [9.17, 15) is 23.3 Å². The van der Waals surface area contributed by atoms with Crippen LogP contribution in [0, 0.1) is 23.0 Å². The predicted molar refractivity (Wildman–Crippen MR) is 111 cm³/mol. The van der Waals surface area contributed by atoms with Crippen molar-refractivity contribution in [1.29, 1.82) is 0 Å². The van der Waals surface area contributed by atoms with E-state index in [-0.39, 0.29) is 23.0 Å². The number of methoxy groups -OCH3 is 1. The molecule has 3 rings (SSSR count). The first-order chi connectivity index (χ1) is 14.2. The van der Waals surface area contributed by atoms with E-state index in [2.05, 4.69) is 5.32 Å². The van der Waals surface area contributed by atoms with Crippen molar-refractivity contribution < 1.29 is 22.9 Å². The molecular formula is C20H23N3O6S.